The molecule has 0 spiro atoms. The molecule has 0 atom stereocenters. The number of benzene rings is 2. The van der Waals surface area contributed by atoms with Gasteiger partial charge in [-0.1, -0.05) is 29.8 Å². The van der Waals surface area contributed by atoms with E-state index in [2.05, 4.69) is 15.5 Å². The highest BCUT2D eigenvalue weighted by atomic mass is 35.5. The van der Waals surface area contributed by atoms with E-state index in [1.807, 2.05) is 54.6 Å². The molecule has 0 fully saturated rings. The molecule has 4 heteroatoms. The van der Waals surface area contributed by atoms with Gasteiger partial charge in [0.1, 0.15) is 0 Å². The van der Waals surface area contributed by atoms with Gasteiger partial charge in [-0.05, 0) is 36.4 Å². The quantitative estimate of drug-likeness (QED) is 0.573. The normalized spacial score (nSPS) is 11.1. The number of rotatable bonds is 3. The first kappa shape index (κ1) is 12.6. The summed E-state index contributed by atoms with van der Waals surface area (Å²) < 4.78 is 0. The lowest BCUT2D eigenvalue weighted by Gasteiger charge is -2.02. The van der Waals surface area contributed by atoms with E-state index in [0.717, 1.165) is 22.2 Å². The van der Waals surface area contributed by atoms with Crippen LogP contribution in [0.15, 0.2) is 65.9 Å². The van der Waals surface area contributed by atoms with E-state index in [9.17, 15) is 0 Å². The fourth-order valence-electron chi connectivity index (χ4n) is 1.93. The minimum atomic E-state index is 0.708. The van der Waals surface area contributed by atoms with E-state index in [1.165, 1.54) is 0 Å². The standard InChI is InChI=1S/C16H12ClN3/c17-13-5-7-14(8-6-13)20-19-11-12-9-10-18-16-4-2-1-3-15(12)16/h1-11,20H/b19-11+. The number of nitrogens with one attached hydrogen (secondary N) is 1. The molecule has 0 saturated heterocycles. The van der Waals surface area contributed by atoms with Gasteiger partial charge in [-0.25, -0.2) is 0 Å². The van der Waals surface area contributed by atoms with Gasteiger partial charge < -0.3 is 0 Å². The Hall–Kier alpha value is -2.39. The highest BCUT2D eigenvalue weighted by Gasteiger charge is 1.98. The van der Waals surface area contributed by atoms with Gasteiger partial charge in [0.15, 0.2) is 0 Å². The molecule has 3 aromatic rings. The van der Waals surface area contributed by atoms with Crippen LogP contribution in [0.2, 0.25) is 5.02 Å². The minimum absolute atomic E-state index is 0.708. The number of aromatic nitrogens is 1. The van der Waals surface area contributed by atoms with Gasteiger partial charge in [0.25, 0.3) is 0 Å². The second kappa shape index (κ2) is 5.72. The van der Waals surface area contributed by atoms with Crippen molar-refractivity contribution in [3.8, 4) is 0 Å². The van der Waals surface area contributed by atoms with Gasteiger partial charge >= 0.3 is 0 Å². The van der Waals surface area contributed by atoms with Crippen molar-refractivity contribution in [3.05, 3.63) is 71.4 Å². The topological polar surface area (TPSA) is 37.3 Å². The van der Waals surface area contributed by atoms with Crippen molar-refractivity contribution >= 4 is 34.4 Å². The van der Waals surface area contributed by atoms with Crippen molar-refractivity contribution in [2.75, 3.05) is 5.43 Å². The molecule has 0 aliphatic rings. The van der Waals surface area contributed by atoms with Crippen LogP contribution in [0, 0.1) is 0 Å². The van der Waals surface area contributed by atoms with Crippen LogP contribution in [-0.2, 0) is 0 Å². The van der Waals surface area contributed by atoms with Crippen molar-refractivity contribution in [1.29, 1.82) is 0 Å². The minimum Gasteiger partial charge on any atom is -0.279 e. The molecule has 0 radical (unpaired) electrons. The molecule has 0 aliphatic heterocycles. The number of fused-ring (bicyclic) bond motifs is 1. The average Bonchev–Trinajstić information content (AvgIpc) is 2.49. The highest BCUT2D eigenvalue weighted by Crippen LogP contribution is 2.15. The Balaban J connectivity index is 1.82. The smallest absolute Gasteiger partial charge is 0.0708 e. The summed E-state index contributed by atoms with van der Waals surface area (Å²) in [6, 6.07) is 17.3. The van der Waals surface area contributed by atoms with Gasteiger partial charge in [-0.2, -0.15) is 5.10 Å². The zero-order valence-corrected chi connectivity index (χ0v) is 11.4. The molecule has 0 aliphatic carbocycles. The van der Waals surface area contributed by atoms with Crippen LogP contribution in [-0.4, -0.2) is 11.2 Å². The maximum atomic E-state index is 5.83. The summed E-state index contributed by atoms with van der Waals surface area (Å²) >= 11 is 5.83. The van der Waals surface area contributed by atoms with Gasteiger partial charge in [0, 0.05) is 22.2 Å². The van der Waals surface area contributed by atoms with Crippen LogP contribution in [0.4, 0.5) is 5.69 Å². The first-order valence-electron chi connectivity index (χ1n) is 6.21. The highest BCUT2D eigenvalue weighted by molar-refractivity contribution is 6.30. The zero-order valence-electron chi connectivity index (χ0n) is 10.6. The lowest BCUT2D eigenvalue weighted by atomic mass is 10.1. The summed E-state index contributed by atoms with van der Waals surface area (Å²) in [6.07, 6.45) is 3.57. The van der Waals surface area contributed by atoms with Crippen LogP contribution in [0.3, 0.4) is 0 Å². The fourth-order valence-corrected chi connectivity index (χ4v) is 2.06. The summed E-state index contributed by atoms with van der Waals surface area (Å²) in [5.74, 6) is 0. The first-order valence-corrected chi connectivity index (χ1v) is 6.59. The number of halogens is 1. The number of pyridine rings is 1. The third-order valence-electron chi connectivity index (χ3n) is 2.92. The molecule has 0 saturated carbocycles. The zero-order chi connectivity index (χ0) is 13.8. The Bertz CT molecular complexity index is 746. The number of nitrogens with zero attached hydrogens (tertiary/aromatic N) is 2. The van der Waals surface area contributed by atoms with Gasteiger partial charge in [-0.3, -0.25) is 10.4 Å². The monoisotopic (exact) mass is 281 g/mol. The third kappa shape index (κ3) is 2.78. The van der Waals surface area contributed by atoms with Crippen molar-refractivity contribution in [1.82, 2.24) is 4.98 Å². The van der Waals surface area contributed by atoms with Crippen LogP contribution in [0.1, 0.15) is 5.56 Å². The molecule has 0 bridgehead atoms. The Labute approximate surface area is 121 Å². The number of para-hydroxylation sites is 1. The Morgan fingerprint density at radius 2 is 1.80 bits per heavy atom. The van der Waals surface area contributed by atoms with Crippen molar-refractivity contribution < 1.29 is 0 Å². The predicted molar refractivity (Wildman–Crippen MR) is 84.4 cm³/mol. The molecule has 1 aromatic heterocycles. The van der Waals surface area contributed by atoms with E-state index >= 15 is 0 Å². The van der Waals surface area contributed by atoms with Crippen molar-refractivity contribution in [2.24, 2.45) is 5.10 Å². The average molecular weight is 282 g/mol. The van der Waals surface area contributed by atoms with Gasteiger partial charge in [0.05, 0.1) is 17.4 Å². The Morgan fingerprint density at radius 1 is 1.00 bits per heavy atom. The van der Waals surface area contributed by atoms with E-state index in [-0.39, 0.29) is 0 Å². The molecule has 1 heterocycles. The summed E-state index contributed by atoms with van der Waals surface area (Å²) in [4.78, 5) is 4.32. The lowest BCUT2D eigenvalue weighted by Crippen LogP contribution is -1.92. The van der Waals surface area contributed by atoms with Crippen molar-refractivity contribution in [3.63, 3.8) is 0 Å². The Morgan fingerprint density at radius 3 is 2.65 bits per heavy atom. The maximum Gasteiger partial charge on any atom is 0.0708 e. The molecule has 3 rings (SSSR count). The molecule has 20 heavy (non-hydrogen) atoms. The van der Waals surface area contributed by atoms with Gasteiger partial charge in [0.2, 0.25) is 0 Å². The van der Waals surface area contributed by atoms with Crippen LogP contribution < -0.4 is 5.43 Å². The summed E-state index contributed by atoms with van der Waals surface area (Å²) in [5, 5.41) is 6.03. The van der Waals surface area contributed by atoms with E-state index < -0.39 is 0 Å². The second-order valence-electron chi connectivity index (χ2n) is 4.29. The molecule has 1 N–H and O–H groups in total. The predicted octanol–water partition coefficient (Wildman–Crippen LogP) is 4.33. The van der Waals surface area contributed by atoms with Crippen LogP contribution in [0.25, 0.3) is 10.9 Å². The molecule has 0 amide bonds. The van der Waals surface area contributed by atoms with E-state index in [4.69, 9.17) is 11.6 Å². The van der Waals surface area contributed by atoms with E-state index in [1.54, 1.807) is 12.4 Å². The summed E-state index contributed by atoms with van der Waals surface area (Å²) in [5.41, 5.74) is 5.85. The molecular weight excluding hydrogens is 270 g/mol. The lowest BCUT2D eigenvalue weighted by molar-refractivity contribution is 1.35. The van der Waals surface area contributed by atoms with Gasteiger partial charge in [-0.15, -0.1) is 0 Å². The fraction of sp³-hybridized carbons (Fsp3) is 0. The number of hydrazone groups is 1. The number of hydrogen-bond acceptors (Lipinski definition) is 3. The molecular formula is C16H12ClN3. The molecule has 98 valence electrons. The van der Waals surface area contributed by atoms with Crippen molar-refractivity contribution in [2.45, 2.75) is 0 Å². The first-order chi connectivity index (χ1) is 9.83. The third-order valence-corrected chi connectivity index (χ3v) is 3.18. The maximum absolute atomic E-state index is 5.83. The molecule has 0 unspecified atom stereocenters. The number of anilines is 1. The summed E-state index contributed by atoms with van der Waals surface area (Å²) in [6.45, 7) is 0. The largest absolute Gasteiger partial charge is 0.279 e. The number of hydrogen-bond donors (Lipinski definition) is 1. The molecule has 2 aromatic carbocycles. The van der Waals surface area contributed by atoms with Crippen LogP contribution >= 0.6 is 11.6 Å². The van der Waals surface area contributed by atoms with E-state index in [0.29, 0.717) is 5.02 Å². The van der Waals surface area contributed by atoms with Crippen LogP contribution in [0.5, 0.6) is 0 Å². The molecule has 3 nitrogen and oxygen atoms in total. The Kier molecular flexibility index (Phi) is 3.61. The second-order valence-corrected chi connectivity index (χ2v) is 4.73. The SMILES string of the molecule is Clc1ccc(N/N=C/c2ccnc3ccccc23)cc1. The summed E-state index contributed by atoms with van der Waals surface area (Å²) in [7, 11) is 0.